The minimum Gasteiger partial charge on any atom is -0.449 e. The summed E-state index contributed by atoms with van der Waals surface area (Å²) in [6, 6.07) is 7.99. The van der Waals surface area contributed by atoms with Gasteiger partial charge in [-0.1, -0.05) is 47.3 Å². The molecular weight excluding hydrogens is 384 g/mol. The molecule has 2 aliphatic rings. The number of benzene rings is 1. The number of amides is 1. The molecule has 2 fully saturated rings. The average Bonchev–Trinajstić information content (AvgIpc) is 2.64. The first-order valence-electron chi connectivity index (χ1n) is 9.19. The predicted octanol–water partition coefficient (Wildman–Crippen LogP) is 3.27. The van der Waals surface area contributed by atoms with E-state index in [0.29, 0.717) is 13.1 Å². The quantitative estimate of drug-likeness (QED) is 0.799. The maximum atomic E-state index is 12.4. The van der Waals surface area contributed by atoms with Gasteiger partial charge in [-0.15, -0.1) is 0 Å². The van der Waals surface area contributed by atoms with Crippen molar-refractivity contribution < 1.29 is 14.6 Å². The van der Waals surface area contributed by atoms with Gasteiger partial charge < -0.3 is 20.1 Å². The van der Waals surface area contributed by atoms with Crippen LogP contribution >= 0.6 is 15.9 Å². The number of rotatable bonds is 4. The molecule has 1 heterocycles. The van der Waals surface area contributed by atoms with E-state index in [1.54, 1.807) is 4.90 Å². The van der Waals surface area contributed by atoms with Crippen molar-refractivity contribution in [1.82, 2.24) is 10.2 Å². The number of aliphatic hydroxyl groups is 1. The Morgan fingerprint density at radius 2 is 1.84 bits per heavy atom. The van der Waals surface area contributed by atoms with Gasteiger partial charge >= 0.3 is 6.09 Å². The molecule has 0 spiro atoms. The summed E-state index contributed by atoms with van der Waals surface area (Å²) in [4.78, 5) is 14.1. The maximum Gasteiger partial charge on any atom is 0.409 e. The third kappa shape index (κ3) is 4.74. The van der Waals surface area contributed by atoms with E-state index in [1.807, 2.05) is 24.3 Å². The summed E-state index contributed by atoms with van der Waals surface area (Å²) in [5, 5.41) is 14.5. The summed E-state index contributed by atoms with van der Waals surface area (Å²) in [5.41, 5.74) is 0.233. The lowest BCUT2D eigenvalue weighted by Crippen LogP contribution is -2.47. The summed E-state index contributed by atoms with van der Waals surface area (Å²) in [5.74, 6) is -0.187. The number of carbonyl (C=O) groups is 1. The Bertz CT molecular complexity index is 567. The van der Waals surface area contributed by atoms with Crippen molar-refractivity contribution in [2.75, 3.05) is 32.8 Å². The van der Waals surface area contributed by atoms with Crippen LogP contribution in [0.1, 0.15) is 43.6 Å². The van der Waals surface area contributed by atoms with E-state index in [4.69, 9.17) is 4.74 Å². The van der Waals surface area contributed by atoms with E-state index in [0.717, 1.165) is 55.2 Å². The van der Waals surface area contributed by atoms with Gasteiger partial charge in [-0.2, -0.15) is 0 Å². The summed E-state index contributed by atoms with van der Waals surface area (Å²) in [6.45, 7) is 3.17. The number of hydrogen-bond acceptors (Lipinski definition) is 4. The van der Waals surface area contributed by atoms with Crippen molar-refractivity contribution in [2.45, 2.75) is 43.6 Å². The molecule has 3 rings (SSSR count). The van der Waals surface area contributed by atoms with Crippen LogP contribution in [-0.4, -0.2) is 54.5 Å². The van der Waals surface area contributed by atoms with Gasteiger partial charge in [0.25, 0.3) is 0 Å². The fraction of sp³-hybridized carbons (Fsp3) is 0.632. The minimum atomic E-state index is -0.796. The van der Waals surface area contributed by atoms with E-state index in [1.165, 1.54) is 0 Å². The number of halogens is 1. The molecular formula is C19H27BrN2O3. The lowest BCUT2D eigenvalue weighted by atomic mass is 9.73. The lowest BCUT2D eigenvalue weighted by Gasteiger charge is -2.39. The summed E-state index contributed by atoms with van der Waals surface area (Å²) < 4.78 is 6.64. The first-order valence-corrected chi connectivity index (χ1v) is 9.98. The molecule has 1 saturated carbocycles. The molecule has 0 aromatic heterocycles. The normalized spacial score (nSPS) is 21.6. The van der Waals surface area contributed by atoms with E-state index < -0.39 is 5.60 Å². The van der Waals surface area contributed by atoms with Crippen molar-refractivity contribution in [1.29, 1.82) is 0 Å². The molecule has 1 amide bonds. The zero-order valence-electron chi connectivity index (χ0n) is 14.5. The van der Waals surface area contributed by atoms with Crippen LogP contribution in [0.15, 0.2) is 28.7 Å². The van der Waals surface area contributed by atoms with Crippen LogP contribution in [0.25, 0.3) is 0 Å². The van der Waals surface area contributed by atoms with E-state index in [-0.39, 0.29) is 18.6 Å². The first kappa shape index (κ1) is 18.7. The third-order valence-electron chi connectivity index (χ3n) is 5.39. The Morgan fingerprint density at radius 3 is 2.48 bits per heavy atom. The third-order valence-corrected chi connectivity index (χ3v) is 5.92. The molecule has 0 radical (unpaired) electrons. The van der Waals surface area contributed by atoms with Crippen LogP contribution in [-0.2, 0) is 4.74 Å². The number of piperazine rings is 1. The molecule has 5 nitrogen and oxygen atoms in total. The highest BCUT2D eigenvalue weighted by Crippen LogP contribution is 2.40. The molecule has 1 atom stereocenters. The topological polar surface area (TPSA) is 61.8 Å². The van der Waals surface area contributed by atoms with Gasteiger partial charge in [-0.05, 0) is 30.5 Å². The molecule has 2 N–H and O–H groups in total. The van der Waals surface area contributed by atoms with Crippen LogP contribution in [0.4, 0.5) is 4.79 Å². The van der Waals surface area contributed by atoms with Crippen LogP contribution in [0.2, 0.25) is 0 Å². The zero-order chi connectivity index (χ0) is 17.7. The minimum absolute atomic E-state index is 0.187. The number of nitrogens with one attached hydrogen (secondary N) is 1. The highest BCUT2D eigenvalue weighted by molar-refractivity contribution is 9.10. The lowest BCUT2D eigenvalue weighted by molar-refractivity contribution is -0.0409. The Labute approximate surface area is 157 Å². The van der Waals surface area contributed by atoms with Crippen LogP contribution in [0.5, 0.6) is 0 Å². The summed E-state index contributed by atoms with van der Waals surface area (Å²) >= 11 is 3.46. The van der Waals surface area contributed by atoms with E-state index in [2.05, 4.69) is 21.2 Å². The second kappa shape index (κ2) is 8.52. The van der Waals surface area contributed by atoms with Gasteiger partial charge in [0.15, 0.2) is 0 Å². The van der Waals surface area contributed by atoms with Crippen molar-refractivity contribution >= 4 is 22.0 Å². The van der Waals surface area contributed by atoms with Crippen molar-refractivity contribution in [3.63, 3.8) is 0 Å². The van der Waals surface area contributed by atoms with Crippen LogP contribution < -0.4 is 5.32 Å². The first-order chi connectivity index (χ1) is 12.1. The molecule has 25 heavy (non-hydrogen) atoms. The SMILES string of the molecule is O=C(OCC(c1ccc(Br)cc1)C1(O)CCCCC1)N1CCNCC1. The molecule has 1 aromatic carbocycles. The van der Waals surface area contributed by atoms with Gasteiger partial charge in [0.05, 0.1) is 5.60 Å². The summed E-state index contributed by atoms with van der Waals surface area (Å²) in [7, 11) is 0. The van der Waals surface area contributed by atoms with E-state index >= 15 is 0 Å². The van der Waals surface area contributed by atoms with E-state index in [9.17, 15) is 9.90 Å². The molecule has 0 bridgehead atoms. The average molecular weight is 411 g/mol. The number of ether oxygens (including phenoxy) is 1. The fourth-order valence-corrected chi connectivity index (χ4v) is 4.13. The molecule has 1 aromatic rings. The Balaban J connectivity index is 1.71. The number of hydrogen-bond donors (Lipinski definition) is 2. The molecule has 1 aliphatic heterocycles. The van der Waals surface area contributed by atoms with Crippen LogP contribution in [0.3, 0.4) is 0 Å². The van der Waals surface area contributed by atoms with Crippen molar-refractivity contribution in [3.8, 4) is 0 Å². The fourth-order valence-electron chi connectivity index (χ4n) is 3.86. The summed E-state index contributed by atoms with van der Waals surface area (Å²) in [6.07, 6.45) is 4.46. The van der Waals surface area contributed by atoms with Gasteiger partial charge in [0.2, 0.25) is 0 Å². The predicted molar refractivity (Wildman–Crippen MR) is 101 cm³/mol. The Kier molecular flexibility index (Phi) is 6.36. The van der Waals surface area contributed by atoms with Gasteiger partial charge in [0.1, 0.15) is 6.61 Å². The largest absolute Gasteiger partial charge is 0.449 e. The smallest absolute Gasteiger partial charge is 0.409 e. The molecule has 6 heteroatoms. The van der Waals surface area contributed by atoms with Gasteiger partial charge in [-0.25, -0.2) is 4.79 Å². The van der Waals surface area contributed by atoms with Gasteiger partial charge in [0, 0.05) is 36.6 Å². The van der Waals surface area contributed by atoms with Crippen molar-refractivity contribution in [2.24, 2.45) is 0 Å². The molecule has 1 unspecified atom stereocenters. The Morgan fingerprint density at radius 1 is 1.20 bits per heavy atom. The van der Waals surface area contributed by atoms with Gasteiger partial charge in [-0.3, -0.25) is 0 Å². The second-order valence-electron chi connectivity index (χ2n) is 7.08. The second-order valence-corrected chi connectivity index (χ2v) is 8.00. The molecule has 1 saturated heterocycles. The molecule has 138 valence electrons. The standard InChI is InChI=1S/C19H27BrN2O3/c20-16-6-4-15(5-7-16)17(19(24)8-2-1-3-9-19)14-25-18(23)22-12-10-21-11-13-22/h4-7,17,21,24H,1-3,8-14H2. The highest BCUT2D eigenvalue weighted by Gasteiger charge is 2.39. The monoisotopic (exact) mass is 410 g/mol. The maximum absolute atomic E-state index is 12.4. The molecule has 1 aliphatic carbocycles. The van der Waals surface area contributed by atoms with Crippen molar-refractivity contribution in [3.05, 3.63) is 34.3 Å². The van der Waals surface area contributed by atoms with Crippen LogP contribution in [0, 0.1) is 0 Å². The zero-order valence-corrected chi connectivity index (χ0v) is 16.1. The number of carbonyl (C=O) groups excluding carboxylic acids is 1. The number of nitrogens with zero attached hydrogens (tertiary/aromatic N) is 1. The highest BCUT2D eigenvalue weighted by atomic mass is 79.9. The Hall–Kier alpha value is -1.11.